The molecule has 0 rings (SSSR count). The molecule has 0 N–H and O–H groups in total. The SMILES string of the molecule is C=CN(C=O)CCN(C)C. The van der Waals surface area contributed by atoms with Crippen molar-refractivity contribution in [1.29, 1.82) is 0 Å². The van der Waals surface area contributed by atoms with Gasteiger partial charge in [-0.1, -0.05) is 6.58 Å². The highest BCUT2D eigenvalue weighted by Crippen LogP contribution is 1.83. The van der Waals surface area contributed by atoms with E-state index in [4.69, 9.17) is 0 Å². The van der Waals surface area contributed by atoms with Crippen LogP contribution in [-0.4, -0.2) is 43.4 Å². The molecule has 0 aromatic rings. The summed E-state index contributed by atoms with van der Waals surface area (Å²) in [5, 5.41) is 0. The van der Waals surface area contributed by atoms with Gasteiger partial charge < -0.3 is 9.80 Å². The zero-order valence-electron chi connectivity index (χ0n) is 6.58. The van der Waals surface area contributed by atoms with Crippen molar-refractivity contribution in [2.45, 2.75) is 0 Å². The minimum absolute atomic E-state index is 0.708. The molecule has 0 spiro atoms. The lowest BCUT2D eigenvalue weighted by atomic mass is 10.5. The molecule has 0 bridgehead atoms. The number of rotatable bonds is 5. The van der Waals surface area contributed by atoms with Crippen LogP contribution < -0.4 is 0 Å². The van der Waals surface area contributed by atoms with Gasteiger partial charge >= 0.3 is 0 Å². The van der Waals surface area contributed by atoms with Crippen LogP contribution in [0.3, 0.4) is 0 Å². The lowest BCUT2D eigenvalue weighted by Crippen LogP contribution is -2.26. The van der Waals surface area contributed by atoms with Crippen molar-refractivity contribution in [1.82, 2.24) is 9.80 Å². The van der Waals surface area contributed by atoms with Crippen molar-refractivity contribution in [2.24, 2.45) is 0 Å². The number of hydrogen-bond acceptors (Lipinski definition) is 2. The molecule has 58 valence electrons. The van der Waals surface area contributed by atoms with E-state index in [1.165, 1.54) is 11.1 Å². The smallest absolute Gasteiger partial charge is 0.213 e. The molecule has 0 unspecified atom stereocenters. The van der Waals surface area contributed by atoms with Crippen LogP contribution in [0.2, 0.25) is 0 Å². The molecule has 0 saturated carbocycles. The second-order valence-corrected chi connectivity index (χ2v) is 2.33. The molecule has 10 heavy (non-hydrogen) atoms. The number of carbonyl (C=O) groups is 1. The molecular formula is C7H14N2O. The number of hydrogen-bond donors (Lipinski definition) is 0. The summed E-state index contributed by atoms with van der Waals surface area (Å²) in [4.78, 5) is 13.7. The average molecular weight is 142 g/mol. The third-order valence-corrected chi connectivity index (χ3v) is 1.18. The zero-order chi connectivity index (χ0) is 7.98. The lowest BCUT2D eigenvalue weighted by Gasteiger charge is -2.14. The highest BCUT2D eigenvalue weighted by molar-refractivity contribution is 5.48. The van der Waals surface area contributed by atoms with Gasteiger partial charge in [-0.25, -0.2) is 0 Å². The minimum atomic E-state index is 0.708. The van der Waals surface area contributed by atoms with Crippen LogP contribution in [0.15, 0.2) is 12.8 Å². The fourth-order valence-electron chi connectivity index (χ4n) is 0.502. The zero-order valence-corrected chi connectivity index (χ0v) is 6.58. The lowest BCUT2D eigenvalue weighted by molar-refractivity contribution is -0.116. The fraction of sp³-hybridized carbons (Fsp3) is 0.571. The van der Waals surface area contributed by atoms with Crippen molar-refractivity contribution in [3.05, 3.63) is 12.8 Å². The summed E-state index contributed by atoms with van der Waals surface area (Å²) in [5.41, 5.74) is 0. The molecule has 0 aliphatic carbocycles. The molecule has 0 saturated heterocycles. The molecule has 0 aliphatic rings. The summed E-state index contributed by atoms with van der Waals surface area (Å²) in [6.45, 7) is 5.06. The van der Waals surface area contributed by atoms with Crippen LogP contribution in [0.25, 0.3) is 0 Å². The Morgan fingerprint density at radius 2 is 2.00 bits per heavy atom. The molecule has 0 fully saturated rings. The Balaban J connectivity index is 3.44. The summed E-state index contributed by atoms with van der Waals surface area (Å²) < 4.78 is 0. The predicted molar refractivity (Wildman–Crippen MR) is 41.5 cm³/mol. The van der Waals surface area contributed by atoms with Gasteiger partial charge in [0.15, 0.2) is 0 Å². The quantitative estimate of drug-likeness (QED) is 0.510. The summed E-state index contributed by atoms with van der Waals surface area (Å²) in [6, 6.07) is 0. The molecule has 0 atom stereocenters. The van der Waals surface area contributed by atoms with Crippen molar-refractivity contribution < 1.29 is 4.79 Å². The second-order valence-electron chi connectivity index (χ2n) is 2.33. The van der Waals surface area contributed by atoms with Crippen LogP contribution in [0, 0.1) is 0 Å². The number of nitrogens with zero attached hydrogens (tertiary/aromatic N) is 2. The Bertz CT molecular complexity index is 104. The summed E-state index contributed by atoms with van der Waals surface area (Å²) in [6.07, 6.45) is 2.30. The summed E-state index contributed by atoms with van der Waals surface area (Å²) >= 11 is 0. The van der Waals surface area contributed by atoms with E-state index in [1.807, 2.05) is 19.0 Å². The van der Waals surface area contributed by atoms with Crippen molar-refractivity contribution >= 4 is 6.41 Å². The monoisotopic (exact) mass is 142 g/mol. The van der Waals surface area contributed by atoms with E-state index in [0.717, 1.165) is 13.0 Å². The molecule has 0 aromatic carbocycles. The van der Waals surface area contributed by atoms with Gasteiger partial charge in [-0.3, -0.25) is 4.79 Å². The van der Waals surface area contributed by atoms with Gasteiger partial charge in [0.2, 0.25) is 6.41 Å². The molecule has 3 heteroatoms. The topological polar surface area (TPSA) is 23.6 Å². The average Bonchev–Trinajstić information content (AvgIpc) is 1.90. The van der Waals surface area contributed by atoms with E-state index in [-0.39, 0.29) is 0 Å². The Morgan fingerprint density at radius 3 is 2.30 bits per heavy atom. The minimum Gasteiger partial charge on any atom is -0.321 e. The molecule has 1 amide bonds. The van der Waals surface area contributed by atoms with Gasteiger partial charge in [0, 0.05) is 13.1 Å². The Hall–Kier alpha value is -0.830. The fourth-order valence-corrected chi connectivity index (χ4v) is 0.502. The van der Waals surface area contributed by atoms with Crippen LogP contribution in [0.1, 0.15) is 0 Å². The van der Waals surface area contributed by atoms with E-state index in [1.54, 1.807) is 0 Å². The predicted octanol–water partition coefficient (Wildman–Crippen LogP) is 0.150. The van der Waals surface area contributed by atoms with Gasteiger partial charge in [-0.2, -0.15) is 0 Å². The molecule has 0 heterocycles. The van der Waals surface area contributed by atoms with E-state index in [9.17, 15) is 4.79 Å². The standard InChI is InChI=1S/C7H14N2O/c1-4-9(7-10)6-5-8(2)3/h4,7H,1,5-6H2,2-3H3. The molecule has 0 radical (unpaired) electrons. The first kappa shape index (κ1) is 9.17. The number of carbonyl (C=O) groups excluding carboxylic acids is 1. The summed E-state index contributed by atoms with van der Waals surface area (Å²) in [5.74, 6) is 0. The molecule has 3 nitrogen and oxygen atoms in total. The first-order valence-corrected chi connectivity index (χ1v) is 3.19. The third kappa shape index (κ3) is 4.09. The normalized spacial score (nSPS) is 9.50. The third-order valence-electron chi connectivity index (χ3n) is 1.18. The van der Waals surface area contributed by atoms with Crippen molar-refractivity contribution in [3.63, 3.8) is 0 Å². The van der Waals surface area contributed by atoms with Gasteiger partial charge in [0.25, 0.3) is 0 Å². The van der Waals surface area contributed by atoms with E-state index < -0.39 is 0 Å². The van der Waals surface area contributed by atoms with Gasteiger partial charge in [0.1, 0.15) is 0 Å². The number of likely N-dealkylation sites (N-methyl/N-ethyl adjacent to an activating group) is 1. The van der Waals surface area contributed by atoms with E-state index in [0.29, 0.717) is 6.54 Å². The van der Waals surface area contributed by atoms with Gasteiger partial charge in [0.05, 0.1) is 0 Å². The van der Waals surface area contributed by atoms with Crippen LogP contribution in [0.4, 0.5) is 0 Å². The van der Waals surface area contributed by atoms with Crippen LogP contribution >= 0.6 is 0 Å². The maximum absolute atomic E-state index is 10.2. The first-order valence-electron chi connectivity index (χ1n) is 3.19. The Labute approximate surface area is 61.9 Å². The van der Waals surface area contributed by atoms with Crippen LogP contribution in [-0.2, 0) is 4.79 Å². The Morgan fingerprint density at radius 1 is 1.40 bits per heavy atom. The second kappa shape index (κ2) is 4.99. The molecular weight excluding hydrogens is 128 g/mol. The molecule has 0 aromatic heterocycles. The maximum Gasteiger partial charge on any atom is 0.213 e. The van der Waals surface area contributed by atoms with Gasteiger partial charge in [-0.05, 0) is 20.3 Å². The summed E-state index contributed by atoms with van der Waals surface area (Å²) in [7, 11) is 3.93. The van der Waals surface area contributed by atoms with E-state index >= 15 is 0 Å². The van der Waals surface area contributed by atoms with E-state index in [2.05, 4.69) is 6.58 Å². The maximum atomic E-state index is 10.2. The Kier molecular flexibility index (Phi) is 4.58. The van der Waals surface area contributed by atoms with Crippen molar-refractivity contribution in [3.8, 4) is 0 Å². The van der Waals surface area contributed by atoms with Gasteiger partial charge in [-0.15, -0.1) is 0 Å². The largest absolute Gasteiger partial charge is 0.321 e. The highest BCUT2D eigenvalue weighted by atomic mass is 16.1. The number of amides is 1. The first-order chi connectivity index (χ1) is 4.70. The van der Waals surface area contributed by atoms with Crippen molar-refractivity contribution in [2.75, 3.05) is 27.2 Å². The highest BCUT2D eigenvalue weighted by Gasteiger charge is 1.94. The molecule has 0 aliphatic heterocycles. The van der Waals surface area contributed by atoms with Crippen LogP contribution in [0.5, 0.6) is 0 Å².